The molecule has 0 atom stereocenters. The maximum absolute atomic E-state index is 12.7. The molecule has 1 aromatic heterocycles. The number of nitrogens with one attached hydrogen (secondary N) is 1. The SMILES string of the molecule is O=C(Nc1ccc2nc(N3CCCC3)sc2c1)c1ccc2c(c1)OCCCO2. The number of nitrogens with zero attached hydrogens (tertiary/aromatic N) is 2. The number of hydrogen-bond acceptors (Lipinski definition) is 6. The Morgan fingerprint density at radius 1 is 1.00 bits per heavy atom. The minimum atomic E-state index is -0.167. The molecule has 0 bridgehead atoms. The second-order valence-corrected chi connectivity index (χ2v) is 8.05. The van der Waals surface area contributed by atoms with Crippen LogP contribution in [0.2, 0.25) is 0 Å². The topological polar surface area (TPSA) is 63.7 Å². The first-order valence-corrected chi connectivity index (χ1v) is 10.4. The first-order chi connectivity index (χ1) is 13.8. The van der Waals surface area contributed by atoms with Gasteiger partial charge in [-0.15, -0.1) is 0 Å². The number of amides is 1. The van der Waals surface area contributed by atoms with Gasteiger partial charge in [-0.3, -0.25) is 4.79 Å². The average Bonchev–Trinajstić information content (AvgIpc) is 3.32. The largest absolute Gasteiger partial charge is 0.490 e. The summed E-state index contributed by atoms with van der Waals surface area (Å²) in [5.74, 6) is 1.15. The Kier molecular flexibility index (Phi) is 4.52. The van der Waals surface area contributed by atoms with Gasteiger partial charge in [0, 0.05) is 30.8 Å². The lowest BCUT2D eigenvalue weighted by Gasteiger charge is -2.11. The van der Waals surface area contributed by atoms with Crippen molar-refractivity contribution in [1.82, 2.24) is 4.98 Å². The molecule has 1 amide bonds. The third-order valence-electron chi connectivity index (χ3n) is 5.02. The van der Waals surface area contributed by atoms with Crippen LogP contribution in [-0.2, 0) is 0 Å². The van der Waals surface area contributed by atoms with E-state index in [0.29, 0.717) is 30.3 Å². The van der Waals surface area contributed by atoms with Crippen molar-refractivity contribution in [3.8, 4) is 11.5 Å². The molecular formula is C21H21N3O3S. The predicted molar refractivity (Wildman–Crippen MR) is 111 cm³/mol. The monoisotopic (exact) mass is 395 g/mol. The van der Waals surface area contributed by atoms with E-state index in [4.69, 9.17) is 14.5 Å². The smallest absolute Gasteiger partial charge is 0.255 e. The lowest BCUT2D eigenvalue weighted by molar-refractivity contribution is 0.102. The van der Waals surface area contributed by atoms with Gasteiger partial charge in [0.2, 0.25) is 0 Å². The van der Waals surface area contributed by atoms with Gasteiger partial charge in [-0.1, -0.05) is 11.3 Å². The summed E-state index contributed by atoms with van der Waals surface area (Å²) in [5, 5.41) is 4.05. The van der Waals surface area contributed by atoms with E-state index >= 15 is 0 Å². The quantitative estimate of drug-likeness (QED) is 0.716. The fraction of sp³-hybridized carbons (Fsp3) is 0.333. The molecule has 2 aromatic carbocycles. The Balaban J connectivity index is 1.35. The van der Waals surface area contributed by atoms with Gasteiger partial charge in [-0.2, -0.15) is 0 Å². The van der Waals surface area contributed by atoms with Gasteiger partial charge in [0.1, 0.15) is 0 Å². The summed E-state index contributed by atoms with van der Waals surface area (Å²) in [4.78, 5) is 19.8. The fourth-order valence-electron chi connectivity index (χ4n) is 3.54. The Hall–Kier alpha value is -2.80. The first-order valence-electron chi connectivity index (χ1n) is 9.63. The molecule has 0 unspecified atom stereocenters. The van der Waals surface area contributed by atoms with Crippen LogP contribution in [0.4, 0.5) is 10.8 Å². The molecule has 3 aromatic rings. The van der Waals surface area contributed by atoms with Crippen molar-refractivity contribution >= 4 is 38.3 Å². The first kappa shape index (κ1) is 17.3. The molecular weight excluding hydrogens is 374 g/mol. The van der Waals surface area contributed by atoms with E-state index in [1.54, 1.807) is 29.5 Å². The summed E-state index contributed by atoms with van der Waals surface area (Å²) in [6.07, 6.45) is 3.30. The molecule has 1 saturated heterocycles. The molecule has 5 rings (SSSR count). The summed E-state index contributed by atoms with van der Waals surface area (Å²) in [7, 11) is 0. The molecule has 2 aliphatic heterocycles. The number of hydrogen-bond donors (Lipinski definition) is 1. The van der Waals surface area contributed by atoms with E-state index in [1.807, 2.05) is 18.2 Å². The number of carbonyl (C=O) groups excluding carboxylic acids is 1. The van der Waals surface area contributed by atoms with E-state index < -0.39 is 0 Å². The van der Waals surface area contributed by atoms with Gasteiger partial charge in [0.05, 0.1) is 23.4 Å². The van der Waals surface area contributed by atoms with Crippen molar-refractivity contribution in [3.05, 3.63) is 42.0 Å². The second-order valence-electron chi connectivity index (χ2n) is 7.04. The molecule has 1 N–H and O–H groups in total. The molecule has 6 nitrogen and oxygen atoms in total. The Bertz CT molecular complexity index is 1030. The Morgan fingerprint density at radius 3 is 2.68 bits per heavy atom. The third kappa shape index (κ3) is 3.38. The van der Waals surface area contributed by atoms with Gasteiger partial charge >= 0.3 is 0 Å². The summed E-state index contributed by atoms with van der Waals surface area (Å²) in [6.45, 7) is 3.38. The van der Waals surface area contributed by atoms with E-state index in [-0.39, 0.29) is 5.91 Å². The summed E-state index contributed by atoms with van der Waals surface area (Å²) >= 11 is 1.68. The number of anilines is 2. The van der Waals surface area contributed by atoms with Crippen molar-refractivity contribution in [1.29, 1.82) is 0 Å². The molecule has 3 heterocycles. The molecule has 28 heavy (non-hydrogen) atoms. The molecule has 1 fully saturated rings. The second kappa shape index (κ2) is 7.31. The van der Waals surface area contributed by atoms with Crippen LogP contribution in [0.1, 0.15) is 29.6 Å². The van der Waals surface area contributed by atoms with E-state index in [9.17, 15) is 4.79 Å². The van der Waals surface area contributed by atoms with Crippen LogP contribution in [0.3, 0.4) is 0 Å². The molecule has 7 heteroatoms. The number of benzene rings is 2. The highest BCUT2D eigenvalue weighted by Crippen LogP contribution is 2.33. The minimum absolute atomic E-state index is 0.167. The number of fused-ring (bicyclic) bond motifs is 2. The Morgan fingerprint density at radius 2 is 1.82 bits per heavy atom. The Labute approximate surface area is 167 Å². The van der Waals surface area contributed by atoms with Crippen molar-refractivity contribution in [2.75, 3.05) is 36.5 Å². The zero-order chi connectivity index (χ0) is 18.9. The van der Waals surface area contributed by atoms with Gasteiger partial charge in [0.15, 0.2) is 16.6 Å². The van der Waals surface area contributed by atoms with Crippen LogP contribution >= 0.6 is 11.3 Å². The summed E-state index contributed by atoms with van der Waals surface area (Å²) < 4.78 is 12.4. The van der Waals surface area contributed by atoms with Crippen molar-refractivity contribution < 1.29 is 14.3 Å². The van der Waals surface area contributed by atoms with Crippen LogP contribution in [0.5, 0.6) is 11.5 Å². The highest BCUT2D eigenvalue weighted by atomic mass is 32.1. The summed E-state index contributed by atoms with van der Waals surface area (Å²) in [5.41, 5.74) is 2.29. The standard InChI is InChI=1S/C21H21N3O3S/c25-20(14-4-7-17-18(12-14)27-11-3-10-26-17)22-15-5-6-16-19(13-15)28-21(23-16)24-8-1-2-9-24/h4-7,12-13H,1-3,8-11H2,(H,22,25). The van der Waals surface area contributed by atoms with E-state index in [2.05, 4.69) is 10.2 Å². The van der Waals surface area contributed by atoms with Crippen LogP contribution in [-0.4, -0.2) is 37.2 Å². The molecule has 0 radical (unpaired) electrons. The van der Waals surface area contributed by atoms with Crippen LogP contribution in [0.15, 0.2) is 36.4 Å². The zero-order valence-electron chi connectivity index (χ0n) is 15.4. The fourth-order valence-corrected chi connectivity index (χ4v) is 4.60. The number of thiazole rings is 1. The van der Waals surface area contributed by atoms with Crippen LogP contribution in [0, 0.1) is 0 Å². The van der Waals surface area contributed by atoms with Crippen LogP contribution < -0.4 is 19.7 Å². The van der Waals surface area contributed by atoms with Gasteiger partial charge in [-0.05, 0) is 49.2 Å². The minimum Gasteiger partial charge on any atom is -0.490 e. The third-order valence-corrected chi connectivity index (χ3v) is 6.10. The van der Waals surface area contributed by atoms with Crippen molar-refractivity contribution in [2.24, 2.45) is 0 Å². The van der Waals surface area contributed by atoms with Crippen molar-refractivity contribution in [3.63, 3.8) is 0 Å². The molecule has 0 saturated carbocycles. The number of rotatable bonds is 3. The maximum Gasteiger partial charge on any atom is 0.255 e. The van der Waals surface area contributed by atoms with E-state index in [1.165, 1.54) is 12.8 Å². The normalized spacial score (nSPS) is 16.2. The zero-order valence-corrected chi connectivity index (χ0v) is 16.3. The predicted octanol–water partition coefficient (Wildman–Crippen LogP) is 4.31. The number of carbonyl (C=O) groups is 1. The summed E-state index contributed by atoms with van der Waals surface area (Å²) in [6, 6.07) is 11.2. The molecule has 144 valence electrons. The maximum atomic E-state index is 12.7. The number of aromatic nitrogens is 1. The highest BCUT2D eigenvalue weighted by molar-refractivity contribution is 7.22. The highest BCUT2D eigenvalue weighted by Gasteiger charge is 2.17. The molecule has 2 aliphatic rings. The molecule has 0 spiro atoms. The van der Waals surface area contributed by atoms with Gasteiger partial charge in [0.25, 0.3) is 5.91 Å². The lowest BCUT2D eigenvalue weighted by Crippen LogP contribution is -2.16. The van der Waals surface area contributed by atoms with Gasteiger partial charge < -0.3 is 19.7 Å². The van der Waals surface area contributed by atoms with E-state index in [0.717, 1.165) is 40.5 Å². The molecule has 0 aliphatic carbocycles. The lowest BCUT2D eigenvalue weighted by atomic mass is 10.2. The van der Waals surface area contributed by atoms with Crippen molar-refractivity contribution in [2.45, 2.75) is 19.3 Å². The van der Waals surface area contributed by atoms with Crippen LogP contribution in [0.25, 0.3) is 10.2 Å². The number of ether oxygens (including phenoxy) is 2. The van der Waals surface area contributed by atoms with Gasteiger partial charge in [-0.25, -0.2) is 4.98 Å². The average molecular weight is 395 g/mol.